The third kappa shape index (κ3) is 3.55. The van der Waals surface area contributed by atoms with Gasteiger partial charge in [0, 0.05) is 18.0 Å². The molecule has 0 unspecified atom stereocenters. The highest BCUT2D eigenvalue weighted by Crippen LogP contribution is 2.31. The van der Waals surface area contributed by atoms with Crippen LogP contribution in [0, 0.1) is 5.92 Å². The van der Waals surface area contributed by atoms with Crippen LogP contribution in [-0.2, 0) is 11.2 Å². The molecule has 0 saturated carbocycles. The molecule has 2 heterocycles. The second kappa shape index (κ2) is 6.88. The first-order chi connectivity index (χ1) is 10.7. The van der Waals surface area contributed by atoms with Crippen molar-refractivity contribution in [1.29, 1.82) is 0 Å². The van der Waals surface area contributed by atoms with E-state index in [9.17, 15) is 4.79 Å². The van der Waals surface area contributed by atoms with Crippen molar-refractivity contribution in [3.63, 3.8) is 0 Å². The molecule has 0 bridgehead atoms. The molecule has 1 fully saturated rings. The van der Waals surface area contributed by atoms with Gasteiger partial charge in [0.1, 0.15) is 5.75 Å². The van der Waals surface area contributed by atoms with Crippen molar-refractivity contribution in [1.82, 2.24) is 10.2 Å². The highest BCUT2D eigenvalue weighted by molar-refractivity contribution is 6.30. The number of nitrogens with zero attached hydrogens (tertiary/aromatic N) is 1. The number of halogens is 1. The highest BCUT2D eigenvalue weighted by Gasteiger charge is 2.29. The van der Waals surface area contributed by atoms with Crippen LogP contribution in [0.2, 0.25) is 5.02 Å². The minimum absolute atomic E-state index is 0.00903. The zero-order valence-corrected chi connectivity index (χ0v) is 13.7. The number of ether oxygens (including phenoxy) is 1. The van der Waals surface area contributed by atoms with Gasteiger partial charge >= 0.3 is 0 Å². The summed E-state index contributed by atoms with van der Waals surface area (Å²) in [5.74, 6) is 1.36. The predicted octanol–water partition coefficient (Wildman–Crippen LogP) is 2.49. The van der Waals surface area contributed by atoms with Crippen LogP contribution in [0.5, 0.6) is 5.75 Å². The van der Waals surface area contributed by atoms with Crippen molar-refractivity contribution in [3.8, 4) is 5.75 Å². The molecule has 1 atom stereocenters. The zero-order valence-electron chi connectivity index (χ0n) is 13.0. The Hall–Kier alpha value is -1.26. The van der Waals surface area contributed by atoms with E-state index in [1.165, 1.54) is 0 Å². The van der Waals surface area contributed by atoms with Gasteiger partial charge in [-0.1, -0.05) is 18.5 Å². The van der Waals surface area contributed by atoms with Crippen LogP contribution >= 0.6 is 11.6 Å². The second-order valence-corrected chi connectivity index (χ2v) is 6.62. The summed E-state index contributed by atoms with van der Waals surface area (Å²) < 4.78 is 5.72. The number of rotatable bonds is 4. The molecule has 1 aromatic carbocycles. The van der Waals surface area contributed by atoms with Crippen LogP contribution in [0.4, 0.5) is 0 Å². The van der Waals surface area contributed by atoms with Gasteiger partial charge in [0.2, 0.25) is 0 Å². The van der Waals surface area contributed by atoms with Gasteiger partial charge in [0.25, 0.3) is 5.91 Å². The molecule has 1 saturated heterocycles. The Kier molecular flexibility index (Phi) is 4.89. The largest absolute Gasteiger partial charge is 0.480 e. The van der Waals surface area contributed by atoms with E-state index in [-0.39, 0.29) is 5.91 Å². The van der Waals surface area contributed by atoms with Crippen LogP contribution in [0.15, 0.2) is 18.2 Å². The van der Waals surface area contributed by atoms with E-state index < -0.39 is 6.10 Å². The van der Waals surface area contributed by atoms with Crippen LogP contribution in [0.1, 0.15) is 25.3 Å². The van der Waals surface area contributed by atoms with Crippen molar-refractivity contribution in [2.24, 2.45) is 5.92 Å². The number of nitrogens with one attached hydrogen (secondary N) is 1. The average Bonchev–Trinajstić information content (AvgIpc) is 2.96. The molecule has 120 valence electrons. The predicted molar refractivity (Wildman–Crippen MR) is 87.4 cm³/mol. The molecule has 1 aromatic rings. The maximum Gasteiger partial charge on any atom is 0.261 e. The maximum atomic E-state index is 12.3. The van der Waals surface area contributed by atoms with Crippen LogP contribution in [0.3, 0.4) is 0 Å². The molecule has 3 rings (SSSR count). The van der Waals surface area contributed by atoms with Crippen molar-refractivity contribution in [2.45, 2.75) is 32.3 Å². The molecular formula is C17H23ClN2O2. The van der Waals surface area contributed by atoms with Crippen LogP contribution in [-0.4, -0.2) is 43.1 Å². The van der Waals surface area contributed by atoms with Gasteiger partial charge in [-0.25, -0.2) is 0 Å². The summed E-state index contributed by atoms with van der Waals surface area (Å²) in [6.07, 6.45) is 2.52. The summed E-state index contributed by atoms with van der Waals surface area (Å²) in [4.78, 5) is 14.7. The first-order valence-electron chi connectivity index (χ1n) is 8.11. The molecule has 4 nitrogen and oxygen atoms in total. The first kappa shape index (κ1) is 15.6. The quantitative estimate of drug-likeness (QED) is 0.926. The summed E-state index contributed by atoms with van der Waals surface area (Å²) in [7, 11) is 0. The lowest BCUT2D eigenvalue weighted by atomic mass is 9.96. The summed E-state index contributed by atoms with van der Waals surface area (Å²) in [5.41, 5.74) is 1.02. The maximum absolute atomic E-state index is 12.3. The number of amides is 1. The third-order valence-corrected chi connectivity index (χ3v) is 4.94. The van der Waals surface area contributed by atoms with Crippen LogP contribution < -0.4 is 10.1 Å². The lowest BCUT2D eigenvalue weighted by Gasteiger charge is -2.31. The van der Waals surface area contributed by atoms with Crippen molar-refractivity contribution in [3.05, 3.63) is 28.8 Å². The van der Waals surface area contributed by atoms with E-state index in [4.69, 9.17) is 16.3 Å². The first-order valence-corrected chi connectivity index (χ1v) is 8.48. The average molecular weight is 323 g/mol. The zero-order chi connectivity index (χ0) is 15.5. The topological polar surface area (TPSA) is 41.6 Å². The summed E-state index contributed by atoms with van der Waals surface area (Å²) >= 11 is 5.98. The molecular weight excluding hydrogens is 300 g/mol. The van der Waals surface area contributed by atoms with Gasteiger partial charge in [-0.05, 0) is 62.2 Å². The highest BCUT2D eigenvalue weighted by atomic mass is 35.5. The monoisotopic (exact) mass is 322 g/mol. The fourth-order valence-corrected chi connectivity index (χ4v) is 3.42. The van der Waals surface area contributed by atoms with Gasteiger partial charge in [0.05, 0.1) is 0 Å². The smallest absolute Gasteiger partial charge is 0.261 e. The normalized spacial score (nSPS) is 22.2. The molecule has 1 N–H and O–H groups in total. The Balaban J connectivity index is 1.46. The van der Waals surface area contributed by atoms with E-state index in [1.807, 2.05) is 12.1 Å². The third-order valence-electron chi connectivity index (χ3n) is 4.71. The van der Waals surface area contributed by atoms with E-state index in [1.54, 1.807) is 6.07 Å². The van der Waals surface area contributed by atoms with Crippen LogP contribution in [0.25, 0.3) is 0 Å². The molecule has 22 heavy (non-hydrogen) atoms. The fraction of sp³-hybridized carbons (Fsp3) is 0.588. The number of hydrogen-bond acceptors (Lipinski definition) is 3. The molecule has 1 amide bonds. The molecule has 5 heteroatoms. The molecule has 0 aromatic heterocycles. The number of carbonyl (C=O) groups excluding carboxylic acids is 1. The minimum Gasteiger partial charge on any atom is -0.480 e. The molecule has 2 aliphatic heterocycles. The minimum atomic E-state index is -0.413. The Morgan fingerprint density at radius 3 is 2.91 bits per heavy atom. The number of carbonyl (C=O) groups is 1. The van der Waals surface area contributed by atoms with Crippen molar-refractivity contribution < 1.29 is 9.53 Å². The fourth-order valence-electron chi connectivity index (χ4n) is 3.23. The van der Waals surface area contributed by atoms with Gasteiger partial charge in [-0.2, -0.15) is 0 Å². The Morgan fingerprint density at radius 2 is 2.18 bits per heavy atom. The second-order valence-electron chi connectivity index (χ2n) is 6.19. The van der Waals surface area contributed by atoms with E-state index in [0.717, 1.165) is 50.3 Å². The SMILES string of the molecule is CCN1CCC(CNC(=O)[C@@H]2Cc3cc(Cl)ccc3O2)CC1. The number of fused-ring (bicyclic) bond motifs is 1. The van der Waals surface area contributed by atoms with E-state index in [2.05, 4.69) is 17.1 Å². The summed E-state index contributed by atoms with van der Waals surface area (Å²) in [5, 5.41) is 3.75. The summed E-state index contributed by atoms with van der Waals surface area (Å²) in [6.45, 7) is 6.36. The van der Waals surface area contributed by atoms with E-state index >= 15 is 0 Å². The lowest BCUT2D eigenvalue weighted by Crippen LogP contribution is -2.42. The Bertz CT molecular complexity index is 541. The lowest BCUT2D eigenvalue weighted by molar-refractivity contribution is -0.127. The standard InChI is InChI=1S/C17H23ClN2O2/c1-2-20-7-5-12(6-8-20)11-19-17(21)16-10-13-9-14(18)3-4-15(13)22-16/h3-4,9,12,16H,2,5-8,10-11H2,1H3,(H,19,21)/t16-/m0/s1. The van der Waals surface area contributed by atoms with Gasteiger partial charge in [0.15, 0.2) is 6.10 Å². The van der Waals surface area contributed by atoms with E-state index in [0.29, 0.717) is 17.4 Å². The van der Waals surface area contributed by atoms with Gasteiger partial charge in [-0.3, -0.25) is 4.79 Å². The Morgan fingerprint density at radius 1 is 1.41 bits per heavy atom. The van der Waals surface area contributed by atoms with Crippen molar-refractivity contribution >= 4 is 17.5 Å². The van der Waals surface area contributed by atoms with Gasteiger partial charge in [-0.15, -0.1) is 0 Å². The molecule has 0 spiro atoms. The van der Waals surface area contributed by atoms with Crippen molar-refractivity contribution in [2.75, 3.05) is 26.2 Å². The van der Waals surface area contributed by atoms with Gasteiger partial charge < -0.3 is 15.0 Å². The Labute approximate surface area is 136 Å². The molecule has 0 radical (unpaired) electrons. The molecule has 0 aliphatic carbocycles. The number of hydrogen-bond donors (Lipinski definition) is 1. The number of benzene rings is 1. The number of likely N-dealkylation sites (tertiary alicyclic amines) is 1. The number of piperidine rings is 1. The molecule has 2 aliphatic rings. The summed E-state index contributed by atoms with van der Waals surface area (Å²) in [6, 6.07) is 5.51.